The maximum absolute atomic E-state index is 11.7. The van der Waals surface area contributed by atoms with Crippen LogP contribution in [-0.2, 0) is 0 Å². The lowest BCUT2D eigenvalue weighted by Gasteiger charge is -2.07. The van der Waals surface area contributed by atoms with E-state index in [2.05, 4.69) is 14.9 Å². The Kier molecular flexibility index (Phi) is 2.63. The van der Waals surface area contributed by atoms with Crippen LogP contribution in [0.5, 0.6) is 5.75 Å². The van der Waals surface area contributed by atoms with Crippen LogP contribution in [0.4, 0.5) is 13.2 Å². The molecule has 0 aliphatic heterocycles. The quantitative estimate of drug-likeness (QED) is 0.758. The van der Waals surface area contributed by atoms with Crippen LogP contribution in [0.25, 0.3) is 0 Å². The van der Waals surface area contributed by atoms with Gasteiger partial charge in [-0.3, -0.25) is 9.89 Å². The van der Waals surface area contributed by atoms with E-state index in [1.54, 1.807) is 0 Å². The molecule has 1 rings (SSSR count). The lowest BCUT2D eigenvalue weighted by atomic mass is 10.4. The number of nitrogens with one attached hydrogen (secondary N) is 1. The first-order valence-electron chi connectivity index (χ1n) is 3.43. The predicted octanol–water partition coefficient (Wildman–Crippen LogP) is 0.450. The third-order valence-electron chi connectivity index (χ3n) is 1.24. The van der Waals surface area contributed by atoms with Crippen LogP contribution < -0.4 is 10.5 Å². The maximum atomic E-state index is 11.7. The number of carbonyl (C=O) groups excluding carboxylic acids is 1. The van der Waals surface area contributed by atoms with Gasteiger partial charge in [-0.1, -0.05) is 0 Å². The molecule has 1 amide bonds. The van der Waals surface area contributed by atoms with E-state index < -0.39 is 18.7 Å². The number of alkyl halides is 3. The van der Waals surface area contributed by atoms with Gasteiger partial charge in [-0.15, -0.1) is 0 Å². The van der Waals surface area contributed by atoms with Gasteiger partial charge in [-0.2, -0.15) is 18.3 Å². The maximum Gasteiger partial charge on any atom is 0.422 e. The van der Waals surface area contributed by atoms with Crippen molar-refractivity contribution in [2.24, 2.45) is 5.73 Å². The van der Waals surface area contributed by atoms with Gasteiger partial charge in [-0.05, 0) is 0 Å². The number of amides is 1. The summed E-state index contributed by atoms with van der Waals surface area (Å²) in [5, 5.41) is 5.45. The number of carbonyl (C=O) groups is 1. The smallest absolute Gasteiger partial charge is 0.422 e. The number of H-pyrrole nitrogens is 1. The number of hydrogen-bond acceptors (Lipinski definition) is 3. The molecule has 0 atom stereocenters. The normalized spacial score (nSPS) is 11.4. The summed E-state index contributed by atoms with van der Waals surface area (Å²) in [6.07, 6.45) is -3.52. The van der Waals surface area contributed by atoms with E-state index in [9.17, 15) is 18.0 Å². The van der Waals surface area contributed by atoms with Gasteiger partial charge in [0.2, 0.25) is 0 Å². The topological polar surface area (TPSA) is 81.0 Å². The average Bonchev–Trinajstić information content (AvgIpc) is 2.46. The second-order valence-corrected chi connectivity index (χ2v) is 2.38. The summed E-state index contributed by atoms with van der Waals surface area (Å²) < 4.78 is 39.4. The summed E-state index contributed by atoms with van der Waals surface area (Å²) in [6.45, 7) is -1.49. The Morgan fingerprint density at radius 2 is 2.29 bits per heavy atom. The van der Waals surface area contributed by atoms with E-state index in [0.717, 1.165) is 6.20 Å². The molecule has 0 spiro atoms. The largest absolute Gasteiger partial charge is 0.480 e. The van der Waals surface area contributed by atoms with Crippen molar-refractivity contribution in [1.82, 2.24) is 10.2 Å². The summed E-state index contributed by atoms with van der Waals surface area (Å²) in [5.41, 5.74) is 4.54. The van der Waals surface area contributed by atoms with Crippen LogP contribution in [0.1, 0.15) is 10.5 Å². The van der Waals surface area contributed by atoms with Gasteiger partial charge in [0.15, 0.2) is 18.1 Å². The van der Waals surface area contributed by atoms with Crippen LogP contribution in [-0.4, -0.2) is 28.9 Å². The summed E-state index contributed by atoms with van der Waals surface area (Å²) >= 11 is 0. The SMILES string of the molecule is NC(=O)c1[nH]ncc1OCC(F)(F)F. The molecular weight excluding hydrogens is 203 g/mol. The van der Waals surface area contributed by atoms with Gasteiger partial charge < -0.3 is 10.5 Å². The van der Waals surface area contributed by atoms with Crippen molar-refractivity contribution in [3.05, 3.63) is 11.9 Å². The van der Waals surface area contributed by atoms with Gasteiger partial charge >= 0.3 is 6.18 Å². The van der Waals surface area contributed by atoms with Crippen LogP contribution in [0.3, 0.4) is 0 Å². The molecule has 1 heterocycles. The molecule has 8 heteroatoms. The monoisotopic (exact) mass is 209 g/mol. The summed E-state index contributed by atoms with van der Waals surface area (Å²) in [5.74, 6) is -1.24. The molecule has 0 saturated heterocycles. The van der Waals surface area contributed by atoms with Crippen LogP contribution in [0.2, 0.25) is 0 Å². The molecule has 0 aromatic carbocycles. The Morgan fingerprint density at radius 3 is 2.79 bits per heavy atom. The fourth-order valence-corrected chi connectivity index (χ4v) is 0.721. The van der Waals surface area contributed by atoms with Crippen molar-refractivity contribution in [3.8, 4) is 5.75 Å². The van der Waals surface area contributed by atoms with Gasteiger partial charge in [0, 0.05) is 0 Å². The standard InChI is InChI=1S/C6H6F3N3O2/c7-6(8,9)2-14-3-1-11-12-4(3)5(10)13/h1H,2H2,(H2,10,13)(H,11,12). The van der Waals surface area contributed by atoms with Gasteiger partial charge in [0.1, 0.15) is 0 Å². The van der Waals surface area contributed by atoms with Gasteiger partial charge in [-0.25, -0.2) is 0 Å². The minimum Gasteiger partial charge on any atom is -0.480 e. The molecular formula is C6H6F3N3O2. The molecule has 0 unspecified atom stereocenters. The van der Waals surface area contributed by atoms with Gasteiger partial charge in [0.05, 0.1) is 6.20 Å². The van der Waals surface area contributed by atoms with Crippen molar-refractivity contribution in [2.75, 3.05) is 6.61 Å². The first kappa shape index (κ1) is 10.4. The second kappa shape index (κ2) is 3.56. The Labute approximate surface area is 76.0 Å². The zero-order chi connectivity index (χ0) is 10.8. The Balaban J connectivity index is 2.68. The number of hydrogen-bond donors (Lipinski definition) is 2. The third-order valence-corrected chi connectivity index (χ3v) is 1.24. The first-order valence-corrected chi connectivity index (χ1v) is 3.43. The second-order valence-electron chi connectivity index (χ2n) is 2.38. The molecule has 5 nitrogen and oxygen atoms in total. The third kappa shape index (κ3) is 2.64. The van der Waals surface area contributed by atoms with Crippen molar-refractivity contribution in [3.63, 3.8) is 0 Å². The fourth-order valence-electron chi connectivity index (χ4n) is 0.721. The van der Waals surface area contributed by atoms with E-state index in [1.165, 1.54) is 0 Å². The van der Waals surface area contributed by atoms with Crippen LogP contribution >= 0.6 is 0 Å². The molecule has 0 aliphatic carbocycles. The molecule has 78 valence electrons. The molecule has 3 N–H and O–H groups in total. The number of nitrogens with two attached hydrogens (primary N) is 1. The summed E-state index contributed by atoms with van der Waals surface area (Å²) in [7, 11) is 0. The number of halogens is 3. The Morgan fingerprint density at radius 1 is 1.64 bits per heavy atom. The molecule has 0 fully saturated rings. The molecule has 0 saturated carbocycles. The molecule has 0 radical (unpaired) electrons. The van der Waals surface area contributed by atoms with E-state index in [4.69, 9.17) is 5.73 Å². The van der Waals surface area contributed by atoms with Gasteiger partial charge in [0.25, 0.3) is 5.91 Å². The highest BCUT2D eigenvalue weighted by Crippen LogP contribution is 2.19. The highest BCUT2D eigenvalue weighted by atomic mass is 19.4. The summed E-state index contributed by atoms with van der Waals surface area (Å²) in [6, 6.07) is 0. The zero-order valence-corrected chi connectivity index (χ0v) is 6.76. The minimum atomic E-state index is -4.47. The molecule has 1 aromatic rings. The zero-order valence-electron chi connectivity index (χ0n) is 6.76. The van der Waals surface area contributed by atoms with E-state index in [0.29, 0.717) is 0 Å². The molecule has 14 heavy (non-hydrogen) atoms. The van der Waals surface area contributed by atoms with Crippen LogP contribution in [0.15, 0.2) is 6.20 Å². The van der Waals surface area contributed by atoms with E-state index in [-0.39, 0.29) is 11.4 Å². The number of aromatic nitrogens is 2. The van der Waals surface area contributed by atoms with Crippen molar-refractivity contribution in [1.29, 1.82) is 0 Å². The van der Waals surface area contributed by atoms with Crippen molar-refractivity contribution < 1.29 is 22.7 Å². The number of primary amides is 1. The number of rotatable bonds is 3. The number of ether oxygens (including phenoxy) is 1. The number of aromatic amines is 1. The van der Waals surface area contributed by atoms with E-state index in [1.807, 2.05) is 0 Å². The summed E-state index contributed by atoms with van der Waals surface area (Å²) in [4.78, 5) is 10.6. The van der Waals surface area contributed by atoms with E-state index >= 15 is 0 Å². The first-order chi connectivity index (χ1) is 6.40. The lowest BCUT2D eigenvalue weighted by Crippen LogP contribution is -2.21. The molecule has 0 aliphatic rings. The van der Waals surface area contributed by atoms with Crippen molar-refractivity contribution in [2.45, 2.75) is 6.18 Å². The highest BCUT2D eigenvalue weighted by Gasteiger charge is 2.29. The molecule has 1 aromatic heterocycles. The Hall–Kier alpha value is -1.73. The lowest BCUT2D eigenvalue weighted by molar-refractivity contribution is -0.153. The number of nitrogens with zero attached hydrogens (tertiary/aromatic N) is 1. The predicted molar refractivity (Wildman–Crippen MR) is 38.7 cm³/mol. The van der Waals surface area contributed by atoms with Crippen LogP contribution in [0, 0.1) is 0 Å². The molecule has 0 bridgehead atoms. The minimum absolute atomic E-state index is 0.283. The average molecular weight is 209 g/mol. The van der Waals surface area contributed by atoms with Crippen molar-refractivity contribution >= 4 is 5.91 Å². The Bertz CT molecular complexity index is 333. The fraction of sp³-hybridized carbons (Fsp3) is 0.333. The highest BCUT2D eigenvalue weighted by molar-refractivity contribution is 5.93.